The molecule has 10 atom stereocenters. The third kappa shape index (κ3) is 9.02. The molecule has 4 aliphatic rings. The van der Waals surface area contributed by atoms with Crippen LogP contribution < -0.4 is 0 Å². The second-order valence-corrected chi connectivity index (χ2v) is 18.0. The number of unbranched alkanes of at least 4 members (excludes halogenated alkanes) is 12. The zero-order chi connectivity index (χ0) is 35.0. The van der Waals surface area contributed by atoms with Crippen molar-refractivity contribution in [3.8, 4) is 0 Å². The Balaban J connectivity index is 1.23. The van der Waals surface area contributed by atoms with Crippen molar-refractivity contribution < 1.29 is 19.7 Å². The summed E-state index contributed by atoms with van der Waals surface area (Å²) in [5.41, 5.74) is 0.00943. The second kappa shape index (κ2) is 17.9. The molecular formula is C44H76O4. The van der Waals surface area contributed by atoms with Gasteiger partial charge in [0.15, 0.2) is 0 Å². The van der Waals surface area contributed by atoms with Gasteiger partial charge in [-0.05, 0) is 85.9 Å². The molecule has 3 saturated carbocycles. The van der Waals surface area contributed by atoms with E-state index in [0.29, 0.717) is 42.4 Å². The van der Waals surface area contributed by atoms with E-state index in [9.17, 15) is 15.0 Å². The van der Waals surface area contributed by atoms with Gasteiger partial charge in [0, 0.05) is 18.3 Å². The summed E-state index contributed by atoms with van der Waals surface area (Å²) >= 11 is 0. The van der Waals surface area contributed by atoms with Crippen molar-refractivity contribution in [2.24, 2.45) is 46.3 Å². The summed E-state index contributed by atoms with van der Waals surface area (Å²) in [6.45, 7) is 16.4. The molecule has 0 aromatic heterocycles. The molecule has 0 saturated heterocycles. The fraction of sp³-hybridized carbons (Fsp3) is 0.886. The highest BCUT2D eigenvalue weighted by Crippen LogP contribution is 2.67. The summed E-state index contributed by atoms with van der Waals surface area (Å²) < 4.78 is 5.98. The quantitative estimate of drug-likeness (QED) is 0.0816. The van der Waals surface area contributed by atoms with Crippen LogP contribution in [0.25, 0.3) is 0 Å². The van der Waals surface area contributed by atoms with E-state index >= 15 is 0 Å². The van der Waals surface area contributed by atoms with E-state index in [-0.39, 0.29) is 23.4 Å². The first-order chi connectivity index (χ1) is 22.9. The molecule has 0 aromatic rings. The number of hydrogen-bond donors (Lipinski definition) is 2. The number of hydrogen-bond acceptors (Lipinski definition) is 4. The van der Waals surface area contributed by atoms with Crippen LogP contribution in [0.1, 0.15) is 183 Å². The Morgan fingerprint density at radius 3 is 2.04 bits per heavy atom. The molecular weight excluding hydrogens is 592 g/mol. The first-order valence-corrected chi connectivity index (χ1v) is 20.9. The van der Waals surface area contributed by atoms with Gasteiger partial charge in [0.25, 0.3) is 0 Å². The van der Waals surface area contributed by atoms with Crippen molar-refractivity contribution in [3.63, 3.8) is 0 Å². The van der Waals surface area contributed by atoms with E-state index < -0.39 is 17.1 Å². The summed E-state index contributed by atoms with van der Waals surface area (Å²) in [5, 5.41) is 23.9. The topological polar surface area (TPSA) is 66.8 Å². The van der Waals surface area contributed by atoms with Crippen LogP contribution in [0, 0.1) is 46.3 Å². The Hall–Kier alpha value is -1.13. The zero-order valence-corrected chi connectivity index (χ0v) is 32.4. The molecule has 0 heterocycles. The number of allylic oxidation sites excluding steroid dienone is 3. The van der Waals surface area contributed by atoms with Crippen LogP contribution in [0.2, 0.25) is 0 Å². The summed E-state index contributed by atoms with van der Waals surface area (Å²) in [6.07, 6.45) is 29.6. The molecule has 0 aliphatic heterocycles. The number of rotatable bonds is 19. The molecule has 0 spiro atoms. The maximum atomic E-state index is 12.8. The lowest BCUT2D eigenvalue weighted by atomic mass is 9.45. The van der Waals surface area contributed by atoms with Crippen LogP contribution in [0.4, 0.5) is 0 Å². The third-order valence-corrected chi connectivity index (χ3v) is 14.5. The molecule has 3 fully saturated rings. The van der Waals surface area contributed by atoms with E-state index in [1.807, 2.05) is 0 Å². The van der Waals surface area contributed by atoms with E-state index in [1.54, 1.807) is 0 Å². The zero-order valence-electron chi connectivity index (χ0n) is 32.4. The van der Waals surface area contributed by atoms with Gasteiger partial charge in [-0.15, -0.1) is 0 Å². The van der Waals surface area contributed by atoms with Crippen molar-refractivity contribution in [2.45, 2.75) is 201 Å². The van der Waals surface area contributed by atoms with Crippen molar-refractivity contribution in [1.29, 1.82) is 0 Å². The highest BCUT2D eigenvalue weighted by Gasteiger charge is 2.65. The van der Waals surface area contributed by atoms with Gasteiger partial charge in [-0.3, -0.25) is 4.79 Å². The molecule has 4 rings (SSSR count). The van der Waals surface area contributed by atoms with Gasteiger partial charge in [-0.25, -0.2) is 0 Å². The monoisotopic (exact) mass is 669 g/mol. The van der Waals surface area contributed by atoms with Crippen LogP contribution in [-0.2, 0) is 9.53 Å². The normalized spacial score (nSPS) is 36.0. The van der Waals surface area contributed by atoms with Gasteiger partial charge in [0.1, 0.15) is 17.8 Å². The predicted octanol–water partition coefficient (Wildman–Crippen LogP) is 11.5. The highest BCUT2D eigenvalue weighted by atomic mass is 16.5. The fourth-order valence-corrected chi connectivity index (χ4v) is 10.8. The summed E-state index contributed by atoms with van der Waals surface area (Å²) in [5.74, 6) is 3.08. The molecule has 0 bridgehead atoms. The SMILES string of the molecule is CCCCCCCCCCCCCCCC(=O)OC1CCC2(C)C3CCC4(C)C(CCC4C(C)C=CC(C)C(C)C)C3=CC(O)C2(O)C1. The predicted molar refractivity (Wildman–Crippen MR) is 201 cm³/mol. The molecule has 0 aromatic carbocycles. The van der Waals surface area contributed by atoms with Crippen LogP contribution in [-0.4, -0.2) is 34.0 Å². The number of aliphatic hydroxyl groups is 2. The van der Waals surface area contributed by atoms with Gasteiger partial charge in [-0.1, -0.05) is 149 Å². The third-order valence-electron chi connectivity index (χ3n) is 14.5. The van der Waals surface area contributed by atoms with E-state index in [1.165, 1.54) is 95.5 Å². The molecule has 48 heavy (non-hydrogen) atoms. The number of carbonyl (C=O) groups is 1. The van der Waals surface area contributed by atoms with Crippen LogP contribution >= 0.6 is 0 Å². The Morgan fingerprint density at radius 1 is 0.833 bits per heavy atom. The average Bonchev–Trinajstić information content (AvgIpc) is 3.40. The Morgan fingerprint density at radius 2 is 1.44 bits per heavy atom. The average molecular weight is 669 g/mol. The molecule has 276 valence electrons. The van der Waals surface area contributed by atoms with E-state index in [4.69, 9.17) is 4.74 Å². The summed E-state index contributed by atoms with van der Waals surface area (Å²) in [6, 6.07) is 0. The van der Waals surface area contributed by atoms with Crippen molar-refractivity contribution in [1.82, 2.24) is 0 Å². The molecule has 0 amide bonds. The van der Waals surface area contributed by atoms with E-state index in [2.05, 4.69) is 66.7 Å². The molecule has 4 heteroatoms. The number of ether oxygens (including phenoxy) is 1. The van der Waals surface area contributed by atoms with Gasteiger partial charge in [-0.2, -0.15) is 0 Å². The Bertz CT molecular complexity index is 1060. The maximum absolute atomic E-state index is 12.8. The number of carbonyl (C=O) groups excluding carboxylic acids is 1. The molecule has 2 N–H and O–H groups in total. The van der Waals surface area contributed by atoms with Gasteiger partial charge < -0.3 is 14.9 Å². The summed E-state index contributed by atoms with van der Waals surface area (Å²) in [7, 11) is 0. The standard InChI is InChI=1S/C44H76O4/c1-8-9-10-11-12-13-14-15-16-17-18-19-20-21-41(46)48-35-26-29-43(7)39-27-28-42(6)37(34(5)23-22-33(4)32(2)3)24-25-38(42)36(39)30-40(45)44(43,47)31-35/h22-23,30,32-35,37-40,45,47H,8-21,24-29,31H2,1-7H3. The largest absolute Gasteiger partial charge is 0.462 e. The molecule has 4 nitrogen and oxygen atoms in total. The Labute approximate surface area is 296 Å². The minimum atomic E-state index is -1.26. The van der Waals surface area contributed by atoms with Gasteiger partial charge in [0.2, 0.25) is 0 Å². The van der Waals surface area contributed by atoms with Crippen molar-refractivity contribution in [3.05, 3.63) is 23.8 Å². The lowest BCUT2D eigenvalue weighted by molar-refractivity contribution is -0.216. The summed E-state index contributed by atoms with van der Waals surface area (Å²) in [4.78, 5) is 12.8. The van der Waals surface area contributed by atoms with Crippen LogP contribution in [0.3, 0.4) is 0 Å². The molecule has 0 radical (unpaired) electrons. The lowest BCUT2D eigenvalue weighted by Gasteiger charge is -2.62. The molecule has 4 aliphatic carbocycles. The number of aliphatic hydroxyl groups excluding tert-OH is 1. The minimum absolute atomic E-state index is 0.131. The number of fused-ring (bicyclic) bond motifs is 5. The van der Waals surface area contributed by atoms with Crippen molar-refractivity contribution >= 4 is 5.97 Å². The van der Waals surface area contributed by atoms with Crippen LogP contribution in [0.5, 0.6) is 0 Å². The lowest BCUT2D eigenvalue weighted by Crippen LogP contribution is -2.65. The fourth-order valence-electron chi connectivity index (χ4n) is 10.8. The van der Waals surface area contributed by atoms with Crippen molar-refractivity contribution in [2.75, 3.05) is 0 Å². The van der Waals surface area contributed by atoms with Gasteiger partial charge in [0.05, 0.1) is 0 Å². The first kappa shape index (κ1) is 39.7. The number of esters is 1. The highest BCUT2D eigenvalue weighted by molar-refractivity contribution is 5.69. The Kier molecular flexibility index (Phi) is 14.8. The first-order valence-electron chi connectivity index (χ1n) is 20.9. The van der Waals surface area contributed by atoms with Gasteiger partial charge >= 0.3 is 5.97 Å². The van der Waals surface area contributed by atoms with E-state index in [0.717, 1.165) is 32.1 Å². The second-order valence-electron chi connectivity index (χ2n) is 18.0. The minimum Gasteiger partial charge on any atom is -0.462 e. The maximum Gasteiger partial charge on any atom is 0.306 e. The smallest absolute Gasteiger partial charge is 0.306 e. The van der Waals surface area contributed by atoms with Crippen LogP contribution in [0.15, 0.2) is 23.8 Å². The molecule has 10 unspecified atom stereocenters.